The second kappa shape index (κ2) is 5.42. The van der Waals surface area contributed by atoms with Crippen LogP contribution in [-0.4, -0.2) is 16.4 Å². The number of hydrogen-bond donors (Lipinski definition) is 2. The Morgan fingerprint density at radius 2 is 2.35 bits per heavy atom. The van der Waals surface area contributed by atoms with Crippen LogP contribution in [0, 0.1) is 0 Å². The predicted octanol–water partition coefficient (Wildman–Crippen LogP) is 2.41. The Bertz CT molecular complexity index is 464. The molecule has 2 N–H and O–H groups in total. The highest BCUT2D eigenvalue weighted by Crippen LogP contribution is 2.19. The van der Waals surface area contributed by atoms with Crippen molar-refractivity contribution in [2.45, 2.75) is 18.7 Å². The maximum absolute atomic E-state index is 11.9. The van der Waals surface area contributed by atoms with Gasteiger partial charge in [0.25, 0.3) is 5.91 Å². The lowest BCUT2D eigenvalue weighted by Gasteiger charge is -2.06. The van der Waals surface area contributed by atoms with Crippen molar-refractivity contribution in [2.75, 3.05) is 0 Å². The molecule has 17 heavy (non-hydrogen) atoms. The molecule has 0 aliphatic carbocycles. The van der Waals surface area contributed by atoms with Crippen molar-refractivity contribution in [3.63, 3.8) is 0 Å². The molecule has 0 fully saturated rings. The zero-order valence-electron chi connectivity index (χ0n) is 9.24. The molecule has 1 aromatic rings. The number of halogens is 1. The van der Waals surface area contributed by atoms with E-state index in [0.717, 1.165) is 6.42 Å². The van der Waals surface area contributed by atoms with Gasteiger partial charge in [0.15, 0.2) is 5.17 Å². The second-order valence-corrected chi connectivity index (χ2v) is 5.09. The maximum atomic E-state index is 11.9. The molecule has 90 valence electrons. The zero-order valence-corrected chi connectivity index (χ0v) is 10.8. The number of carbonyl (C=O) groups excluding carboxylic acids is 1. The van der Waals surface area contributed by atoms with Gasteiger partial charge in [-0.25, -0.2) is 0 Å². The van der Waals surface area contributed by atoms with Crippen molar-refractivity contribution in [2.24, 2.45) is 5.10 Å². The quantitative estimate of drug-likeness (QED) is 0.867. The molecule has 0 bridgehead atoms. The predicted molar refractivity (Wildman–Crippen MR) is 71.2 cm³/mol. The summed E-state index contributed by atoms with van der Waals surface area (Å²) in [5.74, 6) is -0.236. The van der Waals surface area contributed by atoms with Gasteiger partial charge in [-0.3, -0.25) is 15.5 Å². The van der Waals surface area contributed by atoms with Gasteiger partial charge < -0.3 is 0 Å². The molecule has 1 aromatic carbocycles. The van der Waals surface area contributed by atoms with E-state index in [-0.39, 0.29) is 11.3 Å². The van der Waals surface area contributed by atoms with Crippen LogP contribution in [0.15, 0.2) is 29.4 Å². The molecular weight excluding hydrogens is 258 g/mol. The summed E-state index contributed by atoms with van der Waals surface area (Å²) in [6.45, 7) is 2.05. The van der Waals surface area contributed by atoms with Crippen molar-refractivity contribution in [1.82, 2.24) is 10.7 Å². The molecule has 0 spiro atoms. The monoisotopic (exact) mass is 269 g/mol. The van der Waals surface area contributed by atoms with E-state index >= 15 is 0 Å². The van der Waals surface area contributed by atoms with Crippen LogP contribution in [0.3, 0.4) is 0 Å². The lowest BCUT2D eigenvalue weighted by molar-refractivity contribution is 0.0978. The lowest BCUT2D eigenvalue weighted by atomic mass is 10.2. The van der Waals surface area contributed by atoms with Gasteiger partial charge in [-0.15, -0.1) is 0 Å². The molecule has 1 amide bonds. The van der Waals surface area contributed by atoms with Gasteiger partial charge in [-0.2, -0.15) is 5.10 Å². The molecule has 0 saturated heterocycles. The summed E-state index contributed by atoms with van der Waals surface area (Å²) in [6.07, 6.45) is 0.944. The second-order valence-electron chi connectivity index (χ2n) is 3.49. The fourth-order valence-electron chi connectivity index (χ4n) is 1.36. The van der Waals surface area contributed by atoms with Crippen LogP contribution in [0.2, 0.25) is 5.02 Å². The first kappa shape index (κ1) is 12.3. The minimum absolute atomic E-state index is 0.233. The normalized spacial score (nSPS) is 18.5. The Labute approximate surface area is 109 Å². The summed E-state index contributed by atoms with van der Waals surface area (Å²) in [6, 6.07) is 6.93. The van der Waals surface area contributed by atoms with E-state index in [9.17, 15) is 4.79 Å². The van der Waals surface area contributed by atoms with Crippen LogP contribution < -0.4 is 10.7 Å². The summed E-state index contributed by atoms with van der Waals surface area (Å²) in [4.78, 5) is 11.9. The molecule has 1 atom stereocenters. The van der Waals surface area contributed by atoms with Crippen LogP contribution in [-0.2, 0) is 0 Å². The summed E-state index contributed by atoms with van der Waals surface area (Å²) in [5.41, 5.74) is 3.39. The number of hydrogen-bond acceptors (Lipinski definition) is 4. The Morgan fingerprint density at radius 1 is 1.59 bits per heavy atom. The number of nitrogens with zero attached hydrogens (tertiary/aromatic N) is 1. The van der Waals surface area contributed by atoms with E-state index in [1.54, 1.807) is 24.3 Å². The third-order valence-corrected chi connectivity index (χ3v) is 3.74. The van der Waals surface area contributed by atoms with E-state index in [2.05, 4.69) is 22.8 Å². The minimum Gasteiger partial charge on any atom is -0.300 e. The van der Waals surface area contributed by atoms with Crippen molar-refractivity contribution in [3.8, 4) is 0 Å². The smallest absolute Gasteiger partial charge is 0.258 e. The first-order chi connectivity index (χ1) is 8.20. The number of amidine groups is 1. The third-order valence-electron chi connectivity index (χ3n) is 2.27. The molecule has 0 radical (unpaired) electrons. The molecule has 4 nitrogen and oxygen atoms in total. The highest BCUT2D eigenvalue weighted by molar-refractivity contribution is 8.14. The average molecular weight is 270 g/mol. The summed E-state index contributed by atoms with van der Waals surface area (Å²) < 4.78 is 0. The highest BCUT2D eigenvalue weighted by Gasteiger charge is 2.20. The van der Waals surface area contributed by atoms with E-state index in [1.165, 1.54) is 11.8 Å². The lowest BCUT2D eigenvalue weighted by Crippen LogP contribution is -2.27. The Balaban J connectivity index is 2.01. The van der Waals surface area contributed by atoms with Crippen LogP contribution in [0.5, 0.6) is 0 Å². The molecule has 0 aromatic heterocycles. The molecule has 6 heteroatoms. The number of carbonyl (C=O) groups is 1. The standard InChI is InChI=1S/C11H12ClN3OS/c1-2-9-14-15-11(17-9)13-10(16)7-5-3-4-6-8(7)12/h3-6,9,14H,2H2,1H3,(H,13,15,16). The van der Waals surface area contributed by atoms with E-state index in [0.29, 0.717) is 15.8 Å². The van der Waals surface area contributed by atoms with Gasteiger partial charge in [-0.05, 0) is 18.6 Å². The first-order valence-electron chi connectivity index (χ1n) is 5.26. The van der Waals surface area contributed by atoms with Crippen molar-refractivity contribution in [1.29, 1.82) is 0 Å². The third kappa shape index (κ3) is 2.92. The summed E-state index contributed by atoms with van der Waals surface area (Å²) in [7, 11) is 0. The Kier molecular flexibility index (Phi) is 3.91. The van der Waals surface area contributed by atoms with E-state index in [4.69, 9.17) is 11.6 Å². The number of nitrogens with one attached hydrogen (secondary N) is 2. The number of rotatable bonds is 2. The topological polar surface area (TPSA) is 53.5 Å². The largest absolute Gasteiger partial charge is 0.300 e. The van der Waals surface area contributed by atoms with Gasteiger partial charge in [0.2, 0.25) is 0 Å². The maximum Gasteiger partial charge on any atom is 0.258 e. The number of hydrazone groups is 1. The van der Waals surface area contributed by atoms with Crippen LogP contribution in [0.1, 0.15) is 23.7 Å². The summed E-state index contributed by atoms with van der Waals surface area (Å²) >= 11 is 7.44. The molecule has 0 saturated carbocycles. The van der Waals surface area contributed by atoms with Gasteiger partial charge in [0, 0.05) is 0 Å². The van der Waals surface area contributed by atoms with Crippen LogP contribution >= 0.6 is 23.4 Å². The first-order valence-corrected chi connectivity index (χ1v) is 6.52. The number of benzene rings is 1. The molecule has 1 aliphatic heterocycles. The molecular formula is C11H12ClN3OS. The Morgan fingerprint density at radius 3 is 3.00 bits per heavy atom. The van der Waals surface area contributed by atoms with E-state index in [1.807, 2.05) is 0 Å². The molecule has 1 heterocycles. The highest BCUT2D eigenvalue weighted by atomic mass is 35.5. The van der Waals surface area contributed by atoms with Gasteiger partial charge >= 0.3 is 0 Å². The fourth-order valence-corrected chi connectivity index (χ4v) is 2.38. The SMILES string of the molecule is CCC1NN=C(NC(=O)c2ccccc2Cl)S1. The number of thioether (sulfide) groups is 1. The minimum atomic E-state index is -0.236. The molecule has 2 rings (SSSR count). The number of amides is 1. The van der Waals surface area contributed by atoms with Gasteiger partial charge in [0.1, 0.15) is 0 Å². The van der Waals surface area contributed by atoms with Crippen LogP contribution in [0.25, 0.3) is 0 Å². The fraction of sp³-hybridized carbons (Fsp3) is 0.273. The Hall–Kier alpha value is -1.20. The zero-order chi connectivity index (χ0) is 12.3. The van der Waals surface area contributed by atoms with Crippen molar-refractivity contribution >= 4 is 34.4 Å². The van der Waals surface area contributed by atoms with Gasteiger partial charge in [-0.1, -0.05) is 42.4 Å². The van der Waals surface area contributed by atoms with Crippen molar-refractivity contribution < 1.29 is 4.79 Å². The average Bonchev–Trinajstić information content (AvgIpc) is 2.77. The molecule has 1 unspecified atom stereocenters. The van der Waals surface area contributed by atoms with Crippen molar-refractivity contribution in [3.05, 3.63) is 34.9 Å². The van der Waals surface area contributed by atoms with E-state index < -0.39 is 0 Å². The van der Waals surface area contributed by atoms with Gasteiger partial charge in [0.05, 0.1) is 16.0 Å². The molecule has 1 aliphatic rings. The van der Waals surface area contributed by atoms with Crippen LogP contribution in [0.4, 0.5) is 0 Å². The summed E-state index contributed by atoms with van der Waals surface area (Å²) in [5, 5.41) is 8.02.